The van der Waals surface area contributed by atoms with Crippen molar-refractivity contribution >= 4 is 29.1 Å². The van der Waals surface area contributed by atoms with Gasteiger partial charge in [-0.2, -0.15) is 0 Å². The van der Waals surface area contributed by atoms with Gasteiger partial charge in [0, 0.05) is 48.9 Å². The molecule has 7 nitrogen and oxygen atoms in total. The molecule has 0 fully saturated rings. The van der Waals surface area contributed by atoms with Crippen LogP contribution in [0.25, 0.3) is 6.08 Å². The summed E-state index contributed by atoms with van der Waals surface area (Å²) in [4.78, 5) is 13.0. The fraction of sp³-hybridized carbons (Fsp3) is 0.345. The second-order valence-electron chi connectivity index (χ2n) is 8.69. The molecule has 1 aliphatic carbocycles. The van der Waals surface area contributed by atoms with Crippen molar-refractivity contribution in [3.8, 4) is 11.5 Å². The van der Waals surface area contributed by atoms with Crippen LogP contribution in [0, 0.1) is 11.7 Å². The van der Waals surface area contributed by atoms with Crippen molar-refractivity contribution < 1.29 is 32.9 Å². The molecule has 0 saturated heterocycles. The quantitative estimate of drug-likeness (QED) is 0.314. The minimum atomic E-state index is -0.499. The number of benzene rings is 2. The molecule has 0 bridgehead atoms. The van der Waals surface area contributed by atoms with Gasteiger partial charge in [-0.3, -0.25) is 4.79 Å². The Kier molecular flexibility index (Phi) is 10.2. The molecule has 3 rings (SSSR count). The van der Waals surface area contributed by atoms with E-state index in [2.05, 4.69) is 5.32 Å². The monoisotopic (exact) mass is 545 g/mol. The van der Waals surface area contributed by atoms with E-state index in [0.717, 1.165) is 5.57 Å². The van der Waals surface area contributed by atoms with Crippen LogP contribution in [0.2, 0.25) is 5.02 Å². The van der Waals surface area contributed by atoms with Gasteiger partial charge in [0.1, 0.15) is 11.9 Å². The number of allylic oxidation sites excluding steroid dienone is 2. The standard InChI is InChI=1S/C29H33ClFNO6/c1-17(28(33)20-9-10-24(34-2)21(30)13-20)16-32-23-15-25(35-3)22(31)14-19(23)8-7-18-11-26(36-4)29(38-6)27(12-18)37-5/h7-11,13-15,17,27,32H,12,16H2,1-6H3/b8-7-/t17?,27-/m1/s1. The number of rotatable bonds is 12. The van der Waals surface area contributed by atoms with E-state index in [1.807, 2.05) is 19.1 Å². The minimum Gasteiger partial charge on any atom is -0.495 e. The predicted octanol–water partition coefficient (Wildman–Crippen LogP) is 6.29. The molecule has 0 aromatic heterocycles. The van der Waals surface area contributed by atoms with Gasteiger partial charge in [0.2, 0.25) is 0 Å². The van der Waals surface area contributed by atoms with Crippen LogP contribution in [0.3, 0.4) is 0 Å². The van der Waals surface area contributed by atoms with Crippen LogP contribution in [0.5, 0.6) is 11.5 Å². The molecule has 0 spiro atoms. The van der Waals surface area contributed by atoms with Crippen molar-refractivity contribution in [2.45, 2.75) is 19.4 Å². The lowest BCUT2D eigenvalue weighted by atomic mass is 9.97. The Morgan fingerprint density at radius 3 is 2.39 bits per heavy atom. The molecule has 1 unspecified atom stereocenters. The molecule has 0 amide bonds. The van der Waals surface area contributed by atoms with Crippen LogP contribution in [0.1, 0.15) is 29.3 Å². The van der Waals surface area contributed by atoms with Crippen LogP contribution in [0.4, 0.5) is 10.1 Å². The lowest BCUT2D eigenvalue weighted by molar-refractivity contribution is 0.0659. The summed E-state index contributed by atoms with van der Waals surface area (Å²) >= 11 is 6.19. The van der Waals surface area contributed by atoms with Crippen molar-refractivity contribution in [1.29, 1.82) is 0 Å². The number of carbonyl (C=O) groups excluding carboxylic acids is 1. The van der Waals surface area contributed by atoms with Gasteiger partial charge < -0.3 is 29.0 Å². The third-order valence-electron chi connectivity index (χ3n) is 6.28. The normalized spacial score (nSPS) is 16.2. The number of anilines is 1. The van der Waals surface area contributed by atoms with E-state index in [9.17, 15) is 9.18 Å². The number of methoxy groups -OCH3 is 5. The summed E-state index contributed by atoms with van der Waals surface area (Å²) in [5.74, 6) is 0.798. The Bertz CT molecular complexity index is 1260. The van der Waals surface area contributed by atoms with Crippen molar-refractivity contribution in [3.63, 3.8) is 0 Å². The number of nitrogens with one attached hydrogen (secondary N) is 1. The smallest absolute Gasteiger partial charge is 0.167 e. The minimum absolute atomic E-state index is 0.0842. The molecular weight excluding hydrogens is 513 g/mol. The molecule has 0 heterocycles. The lowest BCUT2D eigenvalue weighted by Gasteiger charge is -2.24. The van der Waals surface area contributed by atoms with Crippen LogP contribution in [-0.2, 0) is 14.2 Å². The topological polar surface area (TPSA) is 75.3 Å². The fourth-order valence-corrected chi connectivity index (χ4v) is 4.39. The summed E-state index contributed by atoms with van der Waals surface area (Å²) in [6.07, 6.45) is 5.78. The number of Topliss-reactive ketones (excluding diaryl/α,β-unsaturated/α-hetero) is 1. The number of ether oxygens (including phenoxy) is 5. The van der Waals surface area contributed by atoms with E-state index < -0.39 is 11.7 Å². The Morgan fingerprint density at radius 1 is 1.05 bits per heavy atom. The summed E-state index contributed by atoms with van der Waals surface area (Å²) < 4.78 is 41.4. The molecule has 0 radical (unpaired) electrons. The fourth-order valence-electron chi connectivity index (χ4n) is 4.13. The predicted molar refractivity (Wildman–Crippen MR) is 147 cm³/mol. The van der Waals surface area contributed by atoms with Gasteiger partial charge >= 0.3 is 0 Å². The van der Waals surface area contributed by atoms with Crippen molar-refractivity contribution in [2.75, 3.05) is 47.4 Å². The zero-order valence-electron chi connectivity index (χ0n) is 22.4. The van der Waals surface area contributed by atoms with Gasteiger partial charge in [0.15, 0.2) is 28.9 Å². The zero-order chi connectivity index (χ0) is 27.8. The summed E-state index contributed by atoms with van der Waals surface area (Å²) in [7, 11) is 7.66. The van der Waals surface area contributed by atoms with Gasteiger partial charge in [-0.15, -0.1) is 0 Å². The maximum Gasteiger partial charge on any atom is 0.167 e. The van der Waals surface area contributed by atoms with E-state index in [1.54, 1.807) is 51.7 Å². The summed E-state index contributed by atoms with van der Waals surface area (Å²) in [6.45, 7) is 2.12. The number of carbonyl (C=O) groups is 1. The molecule has 1 N–H and O–H groups in total. The molecule has 2 atom stereocenters. The first-order valence-corrected chi connectivity index (χ1v) is 12.4. The molecule has 2 aromatic rings. The second kappa shape index (κ2) is 13.3. The Morgan fingerprint density at radius 2 is 1.79 bits per heavy atom. The van der Waals surface area contributed by atoms with Gasteiger partial charge in [-0.1, -0.05) is 30.7 Å². The van der Waals surface area contributed by atoms with E-state index in [4.69, 9.17) is 35.3 Å². The summed E-state index contributed by atoms with van der Waals surface area (Å²) in [5, 5.41) is 3.64. The first-order valence-electron chi connectivity index (χ1n) is 12.0. The zero-order valence-corrected chi connectivity index (χ0v) is 23.1. The molecule has 0 aliphatic heterocycles. The van der Waals surface area contributed by atoms with Crippen LogP contribution in [0.15, 0.2) is 59.6 Å². The Labute approximate surface area is 227 Å². The van der Waals surface area contributed by atoms with Crippen molar-refractivity contribution in [2.24, 2.45) is 5.92 Å². The maximum absolute atomic E-state index is 14.6. The number of hydrogen-bond acceptors (Lipinski definition) is 7. The molecule has 38 heavy (non-hydrogen) atoms. The van der Waals surface area contributed by atoms with Crippen molar-refractivity contribution in [3.05, 3.63) is 81.5 Å². The van der Waals surface area contributed by atoms with Gasteiger partial charge in [0.05, 0.1) is 33.5 Å². The molecule has 9 heteroatoms. The van der Waals surface area contributed by atoms with E-state index >= 15 is 0 Å². The first kappa shape index (κ1) is 29.1. The van der Waals surface area contributed by atoms with Crippen LogP contribution < -0.4 is 14.8 Å². The highest BCUT2D eigenvalue weighted by Gasteiger charge is 2.25. The second-order valence-corrected chi connectivity index (χ2v) is 9.09. The number of ketones is 1. The average molecular weight is 546 g/mol. The summed E-state index contributed by atoms with van der Waals surface area (Å²) in [5.41, 5.74) is 2.60. The number of halogens is 2. The SMILES string of the molecule is COC1=C(OC)[C@H](OC)CC(/C=C\c2cc(F)c(OC)cc2NCC(C)C(=O)c2ccc(OC)c(Cl)c2)=C1. The van der Waals surface area contributed by atoms with Gasteiger partial charge in [-0.25, -0.2) is 4.39 Å². The van der Waals surface area contributed by atoms with Gasteiger partial charge in [0.25, 0.3) is 0 Å². The Hall–Kier alpha value is -3.49. The van der Waals surface area contributed by atoms with Crippen LogP contribution >= 0.6 is 11.6 Å². The number of hydrogen-bond donors (Lipinski definition) is 1. The van der Waals surface area contributed by atoms with Crippen molar-refractivity contribution in [1.82, 2.24) is 0 Å². The largest absolute Gasteiger partial charge is 0.495 e. The third kappa shape index (κ3) is 6.68. The molecule has 1 aliphatic rings. The maximum atomic E-state index is 14.6. The van der Waals surface area contributed by atoms with Gasteiger partial charge in [-0.05, 0) is 35.9 Å². The molecule has 0 saturated carbocycles. The first-order chi connectivity index (χ1) is 18.3. The Balaban J connectivity index is 1.83. The third-order valence-corrected chi connectivity index (χ3v) is 6.58. The van der Waals surface area contributed by atoms with E-state index in [1.165, 1.54) is 20.3 Å². The molecule has 204 valence electrons. The highest BCUT2D eigenvalue weighted by atomic mass is 35.5. The highest BCUT2D eigenvalue weighted by Crippen LogP contribution is 2.32. The van der Waals surface area contributed by atoms with E-state index in [-0.39, 0.29) is 17.6 Å². The van der Waals surface area contributed by atoms with Crippen LogP contribution in [-0.4, -0.2) is 54.0 Å². The molecular formula is C29H33ClFNO6. The molecule has 2 aromatic carbocycles. The highest BCUT2D eigenvalue weighted by molar-refractivity contribution is 6.32. The van der Waals surface area contributed by atoms with E-state index in [0.29, 0.717) is 52.1 Å². The summed E-state index contributed by atoms with van der Waals surface area (Å²) in [6, 6.07) is 7.90. The lowest BCUT2D eigenvalue weighted by Crippen LogP contribution is -2.21. The average Bonchev–Trinajstić information content (AvgIpc) is 2.93.